The van der Waals surface area contributed by atoms with E-state index in [1.54, 1.807) is 12.1 Å². The van der Waals surface area contributed by atoms with Gasteiger partial charge in [-0.25, -0.2) is 0 Å². The zero-order valence-electron chi connectivity index (χ0n) is 20.2. The summed E-state index contributed by atoms with van der Waals surface area (Å²) in [6.07, 6.45) is 1.22. The lowest BCUT2D eigenvalue weighted by Crippen LogP contribution is -2.60. The van der Waals surface area contributed by atoms with Crippen molar-refractivity contribution in [1.29, 1.82) is 0 Å². The summed E-state index contributed by atoms with van der Waals surface area (Å²) in [5, 5.41) is 3.31. The highest BCUT2D eigenvalue weighted by Gasteiger charge is 2.53. The third kappa shape index (κ3) is 4.62. The van der Waals surface area contributed by atoms with Gasteiger partial charge in [0.05, 0.1) is 6.54 Å². The molecular formula is C29H33N3O2. The molecule has 1 aliphatic rings. The zero-order valence-corrected chi connectivity index (χ0v) is 20.2. The molecule has 3 aromatic rings. The maximum Gasteiger partial charge on any atom is 0.196 e. The molecule has 5 heteroatoms. The Bertz CT molecular complexity index is 1170. The largest absolute Gasteiger partial charge is 0.399 e. The van der Waals surface area contributed by atoms with Crippen LogP contribution in [0.3, 0.4) is 0 Å². The Hall–Kier alpha value is -3.44. The van der Waals surface area contributed by atoms with Crippen LogP contribution >= 0.6 is 0 Å². The molecule has 5 nitrogen and oxygen atoms in total. The van der Waals surface area contributed by atoms with Crippen LogP contribution in [0.2, 0.25) is 0 Å². The van der Waals surface area contributed by atoms with Gasteiger partial charge in [-0.3, -0.25) is 9.59 Å². The molecule has 0 amide bonds. The number of para-hydroxylation sites is 1. The van der Waals surface area contributed by atoms with Gasteiger partial charge in [-0.15, -0.1) is 0 Å². The van der Waals surface area contributed by atoms with Gasteiger partial charge >= 0.3 is 0 Å². The van der Waals surface area contributed by atoms with Crippen molar-refractivity contribution < 1.29 is 9.59 Å². The van der Waals surface area contributed by atoms with Crippen LogP contribution in [-0.4, -0.2) is 35.7 Å². The molecule has 34 heavy (non-hydrogen) atoms. The fourth-order valence-corrected chi connectivity index (χ4v) is 4.76. The highest BCUT2D eigenvalue weighted by Crippen LogP contribution is 2.40. The van der Waals surface area contributed by atoms with E-state index < -0.39 is 5.54 Å². The van der Waals surface area contributed by atoms with Gasteiger partial charge in [0, 0.05) is 29.0 Å². The Balaban J connectivity index is 1.86. The Kier molecular flexibility index (Phi) is 6.58. The van der Waals surface area contributed by atoms with Crippen molar-refractivity contribution >= 4 is 22.9 Å². The lowest BCUT2D eigenvalue weighted by atomic mass is 9.79. The molecule has 1 atom stereocenters. The molecule has 1 aliphatic heterocycles. The molecule has 3 aromatic carbocycles. The summed E-state index contributed by atoms with van der Waals surface area (Å²) in [5.74, 6) is -0.309. The predicted octanol–water partition coefficient (Wildman–Crippen LogP) is 5.11. The van der Waals surface area contributed by atoms with E-state index in [0.29, 0.717) is 24.2 Å². The van der Waals surface area contributed by atoms with Crippen LogP contribution in [0.5, 0.6) is 0 Å². The second-order valence-corrected chi connectivity index (χ2v) is 9.98. The molecule has 0 bridgehead atoms. The molecule has 0 aromatic heterocycles. The first-order chi connectivity index (χ1) is 16.2. The highest BCUT2D eigenvalue weighted by molar-refractivity contribution is 6.24. The molecule has 3 N–H and O–H groups in total. The van der Waals surface area contributed by atoms with Crippen molar-refractivity contribution in [3.05, 3.63) is 84.4 Å². The molecule has 0 aliphatic carbocycles. The van der Waals surface area contributed by atoms with E-state index in [1.807, 2.05) is 92.4 Å². The van der Waals surface area contributed by atoms with Gasteiger partial charge in [-0.2, -0.15) is 0 Å². The molecule has 1 heterocycles. The summed E-state index contributed by atoms with van der Waals surface area (Å²) in [7, 11) is 0. The minimum absolute atomic E-state index is 0.113. The summed E-state index contributed by atoms with van der Waals surface area (Å²) in [6.45, 7) is 6.80. The lowest BCUT2D eigenvalue weighted by Gasteiger charge is -2.38. The molecule has 1 saturated heterocycles. The number of nitrogens with zero attached hydrogens (tertiary/aromatic N) is 1. The molecule has 0 radical (unpaired) electrons. The highest BCUT2D eigenvalue weighted by atomic mass is 16.2. The Morgan fingerprint density at radius 2 is 1.62 bits per heavy atom. The number of carbonyl (C=O) groups is 2. The van der Waals surface area contributed by atoms with Crippen molar-refractivity contribution in [3.63, 3.8) is 0 Å². The van der Waals surface area contributed by atoms with Gasteiger partial charge in [0.2, 0.25) is 0 Å². The molecular weight excluding hydrogens is 422 g/mol. The Morgan fingerprint density at radius 3 is 2.26 bits per heavy atom. The van der Waals surface area contributed by atoms with E-state index in [1.165, 1.54) is 0 Å². The van der Waals surface area contributed by atoms with Crippen LogP contribution in [0.25, 0.3) is 11.1 Å². The van der Waals surface area contributed by atoms with Crippen LogP contribution in [0, 0.1) is 0 Å². The van der Waals surface area contributed by atoms with Gasteiger partial charge < -0.3 is 16.0 Å². The zero-order chi connectivity index (χ0) is 24.3. The van der Waals surface area contributed by atoms with Crippen LogP contribution in [0.1, 0.15) is 44.0 Å². The number of ketones is 2. The summed E-state index contributed by atoms with van der Waals surface area (Å²) < 4.78 is 0. The first-order valence-corrected chi connectivity index (χ1v) is 11.8. The van der Waals surface area contributed by atoms with E-state index in [0.717, 1.165) is 23.2 Å². The fraction of sp³-hybridized carbons (Fsp3) is 0.310. The minimum atomic E-state index is -1.29. The number of hydrogen-bond acceptors (Lipinski definition) is 5. The maximum absolute atomic E-state index is 14.5. The van der Waals surface area contributed by atoms with E-state index >= 15 is 0 Å². The van der Waals surface area contributed by atoms with Crippen molar-refractivity contribution in [1.82, 2.24) is 5.32 Å². The Labute approximate surface area is 202 Å². The molecule has 176 valence electrons. The fourth-order valence-electron chi connectivity index (χ4n) is 4.76. The number of anilines is 2. The predicted molar refractivity (Wildman–Crippen MR) is 139 cm³/mol. The summed E-state index contributed by atoms with van der Waals surface area (Å²) in [6, 6.07) is 24.9. The van der Waals surface area contributed by atoms with Crippen LogP contribution in [0.15, 0.2) is 78.9 Å². The molecule has 1 unspecified atom stereocenters. The molecule has 0 saturated carbocycles. The van der Waals surface area contributed by atoms with Gasteiger partial charge in [-0.1, -0.05) is 54.6 Å². The number of rotatable bonds is 7. The third-order valence-electron chi connectivity index (χ3n) is 6.44. The smallest absolute Gasteiger partial charge is 0.196 e. The van der Waals surface area contributed by atoms with E-state index in [2.05, 4.69) is 5.32 Å². The second kappa shape index (κ2) is 9.43. The molecule has 0 spiro atoms. The van der Waals surface area contributed by atoms with E-state index in [4.69, 9.17) is 5.73 Å². The first kappa shape index (κ1) is 23.7. The van der Waals surface area contributed by atoms with Crippen molar-refractivity contribution in [2.75, 3.05) is 23.7 Å². The van der Waals surface area contributed by atoms with Crippen molar-refractivity contribution in [2.45, 2.75) is 44.7 Å². The van der Waals surface area contributed by atoms with Gasteiger partial charge in [-0.05, 0) is 69.0 Å². The third-order valence-corrected chi connectivity index (χ3v) is 6.44. The summed E-state index contributed by atoms with van der Waals surface area (Å²) in [5.41, 5.74) is 8.19. The number of nitrogens with two attached hydrogens (primary N) is 1. The van der Waals surface area contributed by atoms with Crippen LogP contribution in [0.4, 0.5) is 11.4 Å². The maximum atomic E-state index is 14.5. The van der Waals surface area contributed by atoms with Crippen LogP contribution in [-0.2, 0) is 4.79 Å². The number of carbonyl (C=O) groups excluding carboxylic acids is 2. The van der Waals surface area contributed by atoms with Gasteiger partial charge in [0.1, 0.15) is 0 Å². The molecule has 1 fully saturated rings. The first-order valence-electron chi connectivity index (χ1n) is 11.8. The molecule has 4 rings (SSSR count). The average molecular weight is 456 g/mol. The number of hydrogen-bond donors (Lipinski definition) is 2. The van der Waals surface area contributed by atoms with Crippen molar-refractivity contribution in [2.24, 2.45) is 0 Å². The normalized spacial score (nSPS) is 18.1. The quantitative estimate of drug-likeness (QED) is 0.294. The van der Waals surface area contributed by atoms with Gasteiger partial charge in [0.15, 0.2) is 17.1 Å². The van der Waals surface area contributed by atoms with Gasteiger partial charge in [0.25, 0.3) is 0 Å². The topological polar surface area (TPSA) is 75.4 Å². The number of nitrogen functional groups attached to an aromatic ring is 1. The van der Waals surface area contributed by atoms with Crippen LogP contribution < -0.4 is 16.0 Å². The van der Waals surface area contributed by atoms with E-state index in [9.17, 15) is 9.59 Å². The van der Waals surface area contributed by atoms with Crippen molar-refractivity contribution in [3.8, 4) is 11.1 Å². The number of benzene rings is 3. The summed E-state index contributed by atoms with van der Waals surface area (Å²) >= 11 is 0. The van der Waals surface area contributed by atoms with E-state index in [-0.39, 0.29) is 23.7 Å². The number of nitrogens with one attached hydrogen (secondary N) is 1. The monoisotopic (exact) mass is 455 g/mol. The minimum Gasteiger partial charge on any atom is -0.399 e. The lowest BCUT2D eigenvalue weighted by molar-refractivity contribution is -0.121. The second-order valence-electron chi connectivity index (χ2n) is 9.98. The SMILES string of the molecule is CC(C)(C)NCC(=O)C1(C(=O)c2cc(N)ccc2-c2ccccc2)CCCN1c1ccccc1. The average Bonchev–Trinajstić information content (AvgIpc) is 3.29. The Morgan fingerprint density at radius 1 is 0.971 bits per heavy atom. The standard InChI is InChI=1S/C29H33N3O2/c1-28(2,3)31-20-26(33)29(17-10-18-32(29)23-13-8-5-9-14-23)27(34)25-19-22(30)15-16-24(25)21-11-6-4-7-12-21/h4-9,11-16,19,31H,10,17-18,20,30H2,1-3H3. The summed E-state index contributed by atoms with van der Waals surface area (Å²) in [4.78, 5) is 30.5. The number of Topliss-reactive ketones (excluding diaryl/α,β-unsaturated/α-hetero) is 2.